The van der Waals surface area contributed by atoms with Crippen molar-refractivity contribution in [3.8, 4) is 0 Å². The monoisotopic (exact) mass is 272 g/mol. The molecule has 0 aliphatic carbocycles. The number of urea groups is 1. The third kappa shape index (κ3) is 2.58. The van der Waals surface area contributed by atoms with E-state index in [0.717, 1.165) is 17.9 Å². The van der Waals surface area contributed by atoms with Crippen LogP contribution in [0.15, 0.2) is 0 Å². The molecule has 5 nitrogen and oxygen atoms in total. The second kappa shape index (κ2) is 5.38. The molecule has 1 N–H and O–H groups in total. The Morgan fingerprint density at radius 2 is 2.11 bits per heavy atom. The summed E-state index contributed by atoms with van der Waals surface area (Å²) in [6.45, 7) is 2.80. The van der Waals surface area contributed by atoms with Gasteiger partial charge in [0.15, 0.2) is 0 Å². The van der Waals surface area contributed by atoms with Crippen LogP contribution in [0.4, 0.5) is 4.79 Å². The Balaban J connectivity index is 1.95. The summed E-state index contributed by atoms with van der Waals surface area (Å²) in [4.78, 5) is 26.8. The Hall–Kier alpha value is -0.910. The number of aliphatic carboxylic acids is 1. The molecule has 18 heavy (non-hydrogen) atoms. The molecule has 0 spiro atoms. The molecule has 3 atom stereocenters. The maximum absolute atomic E-state index is 12.3. The summed E-state index contributed by atoms with van der Waals surface area (Å²) in [7, 11) is 1.83. The number of carbonyl (C=O) groups excluding carboxylic acids is 1. The minimum Gasteiger partial charge on any atom is -0.481 e. The molecule has 0 aromatic carbocycles. The summed E-state index contributed by atoms with van der Waals surface area (Å²) in [6, 6.07) is 0.291. The van der Waals surface area contributed by atoms with Crippen LogP contribution in [0.25, 0.3) is 0 Å². The lowest BCUT2D eigenvalue weighted by atomic mass is 9.99. The fourth-order valence-electron chi connectivity index (χ4n) is 2.65. The van der Waals surface area contributed by atoms with Crippen molar-refractivity contribution in [1.29, 1.82) is 0 Å². The molecule has 2 rings (SSSR count). The number of amides is 2. The maximum Gasteiger partial charge on any atom is 0.320 e. The van der Waals surface area contributed by atoms with E-state index in [4.69, 9.17) is 5.11 Å². The first-order valence-corrected chi connectivity index (χ1v) is 7.48. The van der Waals surface area contributed by atoms with Crippen LogP contribution >= 0.6 is 11.8 Å². The molecule has 2 aliphatic rings. The van der Waals surface area contributed by atoms with E-state index in [1.54, 1.807) is 9.80 Å². The number of rotatable bonds is 2. The summed E-state index contributed by atoms with van der Waals surface area (Å²) in [6.07, 6.45) is 1.04. The van der Waals surface area contributed by atoms with Gasteiger partial charge in [-0.25, -0.2) is 4.79 Å². The summed E-state index contributed by atoms with van der Waals surface area (Å²) in [5.74, 6) is 0.930. The van der Waals surface area contributed by atoms with E-state index in [-0.39, 0.29) is 11.9 Å². The number of nitrogens with zero attached hydrogens (tertiary/aromatic N) is 2. The normalized spacial score (nSPS) is 31.7. The predicted molar refractivity (Wildman–Crippen MR) is 70.8 cm³/mol. The molecule has 3 unspecified atom stereocenters. The molecule has 0 aromatic rings. The maximum atomic E-state index is 12.3. The standard InChI is InChI=1S/C12H20N2O3S/c1-8-5-14(6-10(8)11(15)16)12(17)13(2)9-3-4-18-7-9/h8-10H,3-7H2,1-2H3,(H,15,16). The Bertz CT molecular complexity index is 344. The second-order valence-electron chi connectivity index (χ2n) is 5.24. The number of thioether (sulfide) groups is 1. The first-order chi connectivity index (χ1) is 8.50. The van der Waals surface area contributed by atoms with Gasteiger partial charge in [-0.2, -0.15) is 11.8 Å². The lowest BCUT2D eigenvalue weighted by Gasteiger charge is -2.29. The summed E-state index contributed by atoms with van der Waals surface area (Å²) in [5, 5.41) is 9.08. The summed E-state index contributed by atoms with van der Waals surface area (Å²) in [5.41, 5.74) is 0. The summed E-state index contributed by atoms with van der Waals surface area (Å²) < 4.78 is 0. The Morgan fingerprint density at radius 1 is 1.39 bits per heavy atom. The van der Waals surface area contributed by atoms with Crippen LogP contribution < -0.4 is 0 Å². The fraction of sp³-hybridized carbons (Fsp3) is 0.833. The number of likely N-dealkylation sites (tertiary alicyclic amines) is 1. The van der Waals surface area contributed by atoms with Crippen molar-refractivity contribution in [2.75, 3.05) is 31.6 Å². The number of hydrogen-bond donors (Lipinski definition) is 1. The molecule has 2 heterocycles. The zero-order chi connectivity index (χ0) is 13.3. The van der Waals surface area contributed by atoms with E-state index in [1.807, 2.05) is 25.7 Å². The third-order valence-corrected chi connectivity index (χ3v) is 5.10. The highest BCUT2D eigenvalue weighted by atomic mass is 32.2. The van der Waals surface area contributed by atoms with Gasteiger partial charge in [0.25, 0.3) is 0 Å². The Labute approximate surface area is 112 Å². The van der Waals surface area contributed by atoms with Gasteiger partial charge in [-0.1, -0.05) is 6.92 Å². The van der Waals surface area contributed by atoms with Crippen molar-refractivity contribution < 1.29 is 14.7 Å². The van der Waals surface area contributed by atoms with E-state index in [1.165, 1.54) is 0 Å². The van der Waals surface area contributed by atoms with Crippen LogP contribution in [-0.4, -0.2) is 64.6 Å². The zero-order valence-electron chi connectivity index (χ0n) is 10.8. The average Bonchev–Trinajstić information content (AvgIpc) is 2.95. The SMILES string of the molecule is CC1CN(C(=O)N(C)C2CCSC2)CC1C(=O)O. The quantitative estimate of drug-likeness (QED) is 0.820. The van der Waals surface area contributed by atoms with Gasteiger partial charge in [0.1, 0.15) is 0 Å². The van der Waals surface area contributed by atoms with Gasteiger partial charge < -0.3 is 14.9 Å². The minimum atomic E-state index is -0.795. The first kappa shape index (κ1) is 13.5. The average molecular weight is 272 g/mol. The topological polar surface area (TPSA) is 60.9 Å². The van der Waals surface area contributed by atoms with Crippen LogP contribution in [0, 0.1) is 11.8 Å². The van der Waals surface area contributed by atoms with Gasteiger partial charge in [0, 0.05) is 31.9 Å². The Morgan fingerprint density at radius 3 is 2.61 bits per heavy atom. The number of hydrogen-bond acceptors (Lipinski definition) is 3. The molecule has 2 saturated heterocycles. The van der Waals surface area contributed by atoms with Gasteiger partial charge in [-0.3, -0.25) is 4.79 Å². The third-order valence-electron chi connectivity index (χ3n) is 3.96. The molecule has 0 aromatic heterocycles. The van der Waals surface area contributed by atoms with Crippen molar-refractivity contribution in [2.45, 2.75) is 19.4 Å². The van der Waals surface area contributed by atoms with E-state index in [0.29, 0.717) is 19.1 Å². The minimum absolute atomic E-state index is 0.0156. The van der Waals surface area contributed by atoms with Crippen molar-refractivity contribution in [2.24, 2.45) is 11.8 Å². The van der Waals surface area contributed by atoms with Crippen molar-refractivity contribution >= 4 is 23.8 Å². The van der Waals surface area contributed by atoms with Crippen molar-refractivity contribution in [1.82, 2.24) is 9.80 Å². The second-order valence-corrected chi connectivity index (χ2v) is 6.39. The molecule has 6 heteroatoms. The van der Waals surface area contributed by atoms with E-state index < -0.39 is 11.9 Å². The molecular weight excluding hydrogens is 252 g/mol. The van der Waals surface area contributed by atoms with Crippen LogP contribution in [0.1, 0.15) is 13.3 Å². The van der Waals surface area contributed by atoms with Gasteiger partial charge in [-0.15, -0.1) is 0 Å². The van der Waals surface area contributed by atoms with E-state index >= 15 is 0 Å². The molecule has 2 amide bonds. The van der Waals surface area contributed by atoms with Crippen molar-refractivity contribution in [3.05, 3.63) is 0 Å². The lowest BCUT2D eigenvalue weighted by molar-refractivity contribution is -0.142. The predicted octanol–water partition coefficient (Wildman–Crippen LogP) is 1.20. The fourth-order valence-corrected chi connectivity index (χ4v) is 3.92. The van der Waals surface area contributed by atoms with Gasteiger partial charge in [-0.05, 0) is 18.1 Å². The number of carboxylic acids is 1. The highest BCUT2D eigenvalue weighted by Crippen LogP contribution is 2.26. The molecule has 0 radical (unpaired) electrons. The number of carboxylic acid groups (broad SMARTS) is 1. The first-order valence-electron chi connectivity index (χ1n) is 6.33. The summed E-state index contributed by atoms with van der Waals surface area (Å²) >= 11 is 1.87. The zero-order valence-corrected chi connectivity index (χ0v) is 11.7. The van der Waals surface area contributed by atoms with Gasteiger partial charge >= 0.3 is 12.0 Å². The Kier molecular flexibility index (Phi) is 4.04. The molecule has 2 aliphatic heterocycles. The molecule has 0 saturated carbocycles. The largest absolute Gasteiger partial charge is 0.481 e. The van der Waals surface area contributed by atoms with Crippen LogP contribution in [0.5, 0.6) is 0 Å². The highest BCUT2D eigenvalue weighted by molar-refractivity contribution is 7.99. The van der Waals surface area contributed by atoms with Gasteiger partial charge in [0.05, 0.1) is 5.92 Å². The van der Waals surface area contributed by atoms with Crippen LogP contribution in [-0.2, 0) is 4.79 Å². The molecule has 0 bridgehead atoms. The molecule has 2 fully saturated rings. The van der Waals surface area contributed by atoms with E-state index in [2.05, 4.69) is 0 Å². The van der Waals surface area contributed by atoms with Crippen LogP contribution in [0.3, 0.4) is 0 Å². The lowest BCUT2D eigenvalue weighted by Crippen LogP contribution is -2.45. The number of carbonyl (C=O) groups is 2. The highest BCUT2D eigenvalue weighted by Gasteiger charge is 2.39. The van der Waals surface area contributed by atoms with Crippen LogP contribution in [0.2, 0.25) is 0 Å². The molecule has 102 valence electrons. The van der Waals surface area contributed by atoms with Gasteiger partial charge in [0.2, 0.25) is 0 Å². The van der Waals surface area contributed by atoms with E-state index in [9.17, 15) is 9.59 Å². The van der Waals surface area contributed by atoms with Crippen molar-refractivity contribution in [3.63, 3.8) is 0 Å². The molecular formula is C12H20N2O3S. The smallest absolute Gasteiger partial charge is 0.320 e.